The smallest absolute Gasteiger partial charge is 0.125 e. The molecule has 0 bridgehead atoms. The summed E-state index contributed by atoms with van der Waals surface area (Å²) in [5.74, 6) is -0.138. The van der Waals surface area contributed by atoms with Gasteiger partial charge in [0.25, 0.3) is 0 Å². The van der Waals surface area contributed by atoms with Crippen molar-refractivity contribution in [1.82, 2.24) is 5.32 Å². The van der Waals surface area contributed by atoms with Gasteiger partial charge in [-0.05, 0) is 37.5 Å². The van der Waals surface area contributed by atoms with E-state index in [1.807, 2.05) is 6.07 Å². The molecule has 1 aromatic rings. The molecule has 1 saturated heterocycles. The zero-order chi connectivity index (χ0) is 13.8. The Morgan fingerprint density at radius 3 is 2.84 bits per heavy atom. The van der Waals surface area contributed by atoms with Crippen LogP contribution in [-0.4, -0.2) is 25.2 Å². The number of nitrogens with one attached hydrogen (secondary N) is 1. The molecule has 0 aliphatic carbocycles. The van der Waals surface area contributed by atoms with Gasteiger partial charge in [-0.1, -0.05) is 26.3 Å². The lowest BCUT2D eigenvalue weighted by Gasteiger charge is -2.42. The minimum Gasteiger partial charge on any atom is -0.365 e. The second kappa shape index (κ2) is 6.38. The Labute approximate surface area is 116 Å². The maximum Gasteiger partial charge on any atom is 0.125 e. The highest BCUT2D eigenvalue weighted by atomic mass is 19.1. The van der Waals surface area contributed by atoms with E-state index in [4.69, 9.17) is 0 Å². The number of nitrogens with zero attached hydrogens (tertiary/aromatic N) is 1. The highest BCUT2D eigenvalue weighted by molar-refractivity contribution is 5.54. The van der Waals surface area contributed by atoms with Crippen molar-refractivity contribution < 1.29 is 4.39 Å². The SMILES string of the molecule is CCCC1CN(c2cc(F)ccc2C)C(CC)CN1. The van der Waals surface area contributed by atoms with E-state index < -0.39 is 0 Å². The lowest BCUT2D eigenvalue weighted by molar-refractivity contribution is 0.368. The molecular weight excluding hydrogens is 239 g/mol. The summed E-state index contributed by atoms with van der Waals surface area (Å²) in [6, 6.07) is 6.11. The first-order valence-corrected chi connectivity index (χ1v) is 7.41. The molecule has 19 heavy (non-hydrogen) atoms. The molecule has 1 aromatic carbocycles. The molecule has 106 valence electrons. The van der Waals surface area contributed by atoms with Crippen molar-refractivity contribution in [2.24, 2.45) is 0 Å². The van der Waals surface area contributed by atoms with Gasteiger partial charge in [-0.2, -0.15) is 0 Å². The first kappa shape index (κ1) is 14.3. The molecule has 1 heterocycles. The largest absolute Gasteiger partial charge is 0.365 e. The van der Waals surface area contributed by atoms with Crippen LogP contribution in [0.25, 0.3) is 0 Å². The Kier molecular flexibility index (Phi) is 4.81. The molecule has 1 aliphatic heterocycles. The molecule has 3 heteroatoms. The molecule has 1 N–H and O–H groups in total. The van der Waals surface area contributed by atoms with Crippen LogP contribution in [0.4, 0.5) is 10.1 Å². The van der Waals surface area contributed by atoms with Crippen LogP contribution in [0.3, 0.4) is 0 Å². The summed E-state index contributed by atoms with van der Waals surface area (Å²) in [6.45, 7) is 8.46. The molecular formula is C16H25FN2. The third-order valence-electron chi connectivity index (χ3n) is 4.09. The van der Waals surface area contributed by atoms with Gasteiger partial charge in [0.2, 0.25) is 0 Å². The molecule has 2 nitrogen and oxygen atoms in total. The molecule has 0 spiro atoms. The van der Waals surface area contributed by atoms with Crippen molar-refractivity contribution in [1.29, 1.82) is 0 Å². The average Bonchev–Trinajstić information content (AvgIpc) is 2.42. The summed E-state index contributed by atoms with van der Waals surface area (Å²) in [7, 11) is 0. The number of halogens is 1. The summed E-state index contributed by atoms with van der Waals surface area (Å²) < 4.78 is 13.5. The lowest BCUT2D eigenvalue weighted by Crippen LogP contribution is -2.56. The molecule has 2 atom stereocenters. The van der Waals surface area contributed by atoms with Crippen molar-refractivity contribution in [3.63, 3.8) is 0 Å². The third-order valence-corrected chi connectivity index (χ3v) is 4.09. The molecule has 0 amide bonds. The van der Waals surface area contributed by atoms with Crippen LogP contribution >= 0.6 is 0 Å². The Morgan fingerprint density at radius 2 is 2.16 bits per heavy atom. The number of aryl methyl sites for hydroxylation is 1. The average molecular weight is 264 g/mol. The summed E-state index contributed by atoms with van der Waals surface area (Å²) in [5, 5.41) is 3.62. The second-order valence-corrected chi connectivity index (χ2v) is 5.54. The first-order chi connectivity index (χ1) is 9.15. The van der Waals surface area contributed by atoms with Crippen LogP contribution < -0.4 is 10.2 Å². The fourth-order valence-corrected chi connectivity index (χ4v) is 2.96. The normalized spacial score (nSPS) is 23.7. The van der Waals surface area contributed by atoms with E-state index in [9.17, 15) is 4.39 Å². The van der Waals surface area contributed by atoms with E-state index in [0.717, 1.165) is 30.8 Å². The van der Waals surface area contributed by atoms with Crippen LogP contribution in [0.5, 0.6) is 0 Å². The first-order valence-electron chi connectivity index (χ1n) is 7.41. The van der Waals surface area contributed by atoms with Gasteiger partial charge >= 0.3 is 0 Å². The predicted molar refractivity (Wildman–Crippen MR) is 79.3 cm³/mol. The van der Waals surface area contributed by atoms with Gasteiger partial charge in [0.1, 0.15) is 5.82 Å². The van der Waals surface area contributed by atoms with Crippen LogP contribution in [0, 0.1) is 12.7 Å². The summed E-state index contributed by atoms with van der Waals surface area (Å²) >= 11 is 0. The van der Waals surface area contributed by atoms with E-state index in [0.29, 0.717) is 12.1 Å². The Bertz CT molecular complexity index is 419. The monoisotopic (exact) mass is 264 g/mol. The Balaban J connectivity index is 2.24. The molecule has 0 saturated carbocycles. The van der Waals surface area contributed by atoms with Gasteiger partial charge in [0.15, 0.2) is 0 Å². The van der Waals surface area contributed by atoms with Crippen molar-refractivity contribution in [2.75, 3.05) is 18.0 Å². The summed E-state index contributed by atoms with van der Waals surface area (Å²) in [4.78, 5) is 2.40. The molecule has 2 unspecified atom stereocenters. The van der Waals surface area contributed by atoms with E-state index in [1.165, 1.54) is 12.8 Å². The summed E-state index contributed by atoms with van der Waals surface area (Å²) in [5.41, 5.74) is 2.23. The van der Waals surface area contributed by atoms with Gasteiger partial charge in [-0.3, -0.25) is 0 Å². The van der Waals surface area contributed by atoms with E-state index in [1.54, 1.807) is 12.1 Å². The van der Waals surface area contributed by atoms with Gasteiger partial charge in [-0.25, -0.2) is 4.39 Å². The van der Waals surface area contributed by atoms with E-state index in [-0.39, 0.29) is 5.82 Å². The number of rotatable bonds is 4. The number of piperazine rings is 1. The molecule has 0 aromatic heterocycles. The van der Waals surface area contributed by atoms with Gasteiger partial charge < -0.3 is 10.2 Å². The van der Waals surface area contributed by atoms with Gasteiger partial charge in [0, 0.05) is 30.9 Å². The molecule has 1 aliphatic rings. The van der Waals surface area contributed by atoms with Crippen molar-refractivity contribution in [3.05, 3.63) is 29.6 Å². The maximum absolute atomic E-state index is 13.5. The van der Waals surface area contributed by atoms with Gasteiger partial charge in [0.05, 0.1) is 0 Å². The standard InChI is InChI=1S/C16H25FN2/c1-4-6-14-11-19(15(5-2)10-18-14)16-9-13(17)8-7-12(16)3/h7-9,14-15,18H,4-6,10-11H2,1-3H3. The second-order valence-electron chi connectivity index (χ2n) is 5.54. The zero-order valence-electron chi connectivity index (χ0n) is 12.2. The lowest BCUT2D eigenvalue weighted by atomic mass is 10.0. The Morgan fingerprint density at radius 1 is 1.37 bits per heavy atom. The molecule has 0 radical (unpaired) electrons. The van der Waals surface area contributed by atoms with Crippen LogP contribution in [0.15, 0.2) is 18.2 Å². The van der Waals surface area contributed by atoms with Crippen LogP contribution in [0.2, 0.25) is 0 Å². The molecule has 2 rings (SSSR count). The van der Waals surface area contributed by atoms with Crippen molar-refractivity contribution in [3.8, 4) is 0 Å². The summed E-state index contributed by atoms with van der Waals surface area (Å²) in [6.07, 6.45) is 3.45. The number of hydrogen-bond donors (Lipinski definition) is 1. The predicted octanol–water partition coefficient (Wildman–Crippen LogP) is 3.49. The topological polar surface area (TPSA) is 15.3 Å². The van der Waals surface area contributed by atoms with E-state index >= 15 is 0 Å². The molecule has 1 fully saturated rings. The van der Waals surface area contributed by atoms with Crippen molar-refractivity contribution >= 4 is 5.69 Å². The Hall–Kier alpha value is -1.09. The maximum atomic E-state index is 13.5. The van der Waals surface area contributed by atoms with Crippen LogP contribution in [-0.2, 0) is 0 Å². The highest BCUT2D eigenvalue weighted by Crippen LogP contribution is 2.26. The van der Waals surface area contributed by atoms with Crippen molar-refractivity contribution in [2.45, 2.75) is 52.1 Å². The number of hydrogen-bond acceptors (Lipinski definition) is 2. The minimum atomic E-state index is -0.138. The fourth-order valence-electron chi connectivity index (χ4n) is 2.96. The van der Waals surface area contributed by atoms with Gasteiger partial charge in [-0.15, -0.1) is 0 Å². The van der Waals surface area contributed by atoms with E-state index in [2.05, 4.69) is 31.0 Å². The minimum absolute atomic E-state index is 0.138. The quantitative estimate of drug-likeness (QED) is 0.895. The number of benzene rings is 1. The number of anilines is 1. The zero-order valence-corrected chi connectivity index (χ0v) is 12.2. The third kappa shape index (κ3) is 3.27. The fraction of sp³-hybridized carbons (Fsp3) is 0.625. The van der Waals surface area contributed by atoms with Crippen LogP contribution in [0.1, 0.15) is 38.7 Å². The highest BCUT2D eigenvalue weighted by Gasteiger charge is 2.27.